The number of phenols is 1. The number of carbonyl (C=O) groups is 2. The van der Waals surface area contributed by atoms with Gasteiger partial charge in [-0.3, -0.25) is 9.59 Å². The average Bonchev–Trinajstić information content (AvgIpc) is 2.41. The molecule has 2 rings (SSSR count). The van der Waals surface area contributed by atoms with Gasteiger partial charge >= 0.3 is 5.97 Å². The van der Waals surface area contributed by atoms with Crippen molar-refractivity contribution >= 4 is 23.5 Å². The van der Waals surface area contributed by atoms with Crippen LogP contribution >= 0.6 is 11.8 Å². The van der Waals surface area contributed by atoms with Crippen molar-refractivity contribution in [3.8, 4) is 5.75 Å². The second kappa shape index (κ2) is 6.10. The molecule has 19 heavy (non-hydrogen) atoms. The third-order valence-electron chi connectivity index (χ3n) is 3.23. The number of aromatic hydroxyl groups is 1. The lowest BCUT2D eigenvalue weighted by atomic mass is 9.87. The van der Waals surface area contributed by atoms with E-state index in [0.717, 1.165) is 29.5 Å². The Hall–Kier alpha value is -1.49. The Labute approximate surface area is 116 Å². The molecule has 0 atom stereocenters. The van der Waals surface area contributed by atoms with E-state index in [9.17, 15) is 14.7 Å². The summed E-state index contributed by atoms with van der Waals surface area (Å²) in [7, 11) is 1.35. The molecule has 4 nitrogen and oxygen atoms in total. The number of esters is 1. The number of methoxy groups -OCH3 is 1. The van der Waals surface area contributed by atoms with E-state index in [1.165, 1.54) is 18.9 Å². The van der Waals surface area contributed by atoms with Crippen molar-refractivity contribution in [2.24, 2.45) is 0 Å². The van der Waals surface area contributed by atoms with E-state index in [1.54, 1.807) is 12.1 Å². The summed E-state index contributed by atoms with van der Waals surface area (Å²) in [6.07, 6.45) is 2.21. The number of hydrogen-bond acceptors (Lipinski definition) is 5. The fourth-order valence-corrected chi connectivity index (χ4v) is 3.16. The molecule has 0 radical (unpaired) electrons. The number of ether oxygens (including phenoxy) is 1. The van der Waals surface area contributed by atoms with Gasteiger partial charge < -0.3 is 9.84 Å². The second-order valence-corrected chi connectivity index (χ2v) is 5.42. The summed E-state index contributed by atoms with van der Waals surface area (Å²) < 4.78 is 4.57. The van der Waals surface area contributed by atoms with Crippen LogP contribution in [0.25, 0.3) is 0 Å². The molecule has 102 valence electrons. The van der Waals surface area contributed by atoms with Crippen LogP contribution in [0.3, 0.4) is 0 Å². The van der Waals surface area contributed by atoms with Gasteiger partial charge in [0, 0.05) is 23.3 Å². The molecule has 0 heterocycles. The zero-order chi connectivity index (χ0) is 13.8. The van der Waals surface area contributed by atoms with Crippen molar-refractivity contribution in [1.29, 1.82) is 0 Å². The predicted octanol–water partition coefficient (Wildman–Crippen LogP) is 2.32. The summed E-state index contributed by atoms with van der Waals surface area (Å²) in [6, 6.07) is 3.26. The third kappa shape index (κ3) is 3.10. The van der Waals surface area contributed by atoms with Crippen LogP contribution in [0.1, 0.15) is 34.3 Å². The number of Topliss-reactive ketones (excluding diaryl/α,β-unsaturated/α-hetero) is 1. The maximum atomic E-state index is 11.8. The minimum Gasteiger partial charge on any atom is -0.508 e. The minimum absolute atomic E-state index is 0.139. The van der Waals surface area contributed by atoms with Crippen LogP contribution in [0.15, 0.2) is 12.1 Å². The summed E-state index contributed by atoms with van der Waals surface area (Å²) in [5.41, 5.74) is 2.44. The lowest BCUT2D eigenvalue weighted by molar-refractivity contribution is -0.137. The Balaban J connectivity index is 2.17. The van der Waals surface area contributed by atoms with Gasteiger partial charge in [0.1, 0.15) is 5.75 Å². The van der Waals surface area contributed by atoms with Crippen molar-refractivity contribution in [3.63, 3.8) is 0 Å². The number of fused-ring (bicyclic) bond motifs is 1. The van der Waals surface area contributed by atoms with Crippen molar-refractivity contribution in [1.82, 2.24) is 0 Å². The average molecular weight is 280 g/mol. The quantitative estimate of drug-likeness (QED) is 0.857. The predicted molar refractivity (Wildman–Crippen MR) is 73.6 cm³/mol. The highest BCUT2D eigenvalue weighted by atomic mass is 32.2. The van der Waals surface area contributed by atoms with Crippen LogP contribution in [0.2, 0.25) is 0 Å². The largest absolute Gasteiger partial charge is 0.508 e. The van der Waals surface area contributed by atoms with Crippen molar-refractivity contribution < 1.29 is 19.4 Å². The molecule has 0 saturated carbocycles. The summed E-state index contributed by atoms with van der Waals surface area (Å²) in [4.78, 5) is 22.9. The van der Waals surface area contributed by atoms with Crippen LogP contribution in [0.5, 0.6) is 5.75 Å². The van der Waals surface area contributed by atoms with Crippen LogP contribution < -0.4 is 0 Å². The van der Waals surface area contributed by atoms with Crippen molar-refractivity contribution in [3.05, 3.63) is 28.8 Å². The molecule has 1 aliphatic carbocycles. The normalized spacial score (nSPS) is 14.1. The highest BCUT2D eigenvalue weighted by Crippen LogP contribution is 2.33. The van der Waals surface area contributed by atoms with E-state index in [2.05, 4.69) is 4.74 Å². The zero-order valence-corrected chi connectivity index (χ0v) is 11.6. The van der Waals surface area contributed by atoms with Crippen LogP contribution in [0, 0.1) is 0 Å². The molecule has 0 spiro atoms. The monoisotopic (exact) mass is 280 g/mol. The van der Waals surface area contributed by atoms with Crippen LogP contribution in [0.4, 0.5) is 0 Å². The summed E-state index contributed by atoms with van der Waals surface area (Å²) >= 11 is 1.38. The second-order valence-electron chi connectivity index (χ2n) is 4.44. The van der Waals surface area contributed by atoms with Crippen molar-refractivity contribution in [2.45, 2.75) is 25.0 Å². The number of benzene rings is 1. The number of rotatable bonds is 4. The molecule has 0 bridgehead atoms. The number of thioether (sulfide) groups is 1. The number of carbonyl (C=O) groups excluding carboxylic acids is 2. The van der Waals surface area contributed by atoms with E-state index in [1.807, 2.05) is 0 Å². The molecule has 1 aromatic rings. The Bertz CT molecular complexity index is 510. The Kier molecular flexibility index (Phi) is 4.47. The summed E-state index contributed by atoms with van der Waals surface area (Å²) in [6.45, 7) is 0. The molecule has 0 fully saturated rings. The minimum atomic E-state index is -0.287. The van der Waals surface area contributed by atoms with Gasteiger partial charge in [-0.1, -0.05) is 0 Å². The highest BCUT2D eigenvalue weighted by Gasteiger charge is 2.21. The fraction of sp³-hybridized carbons (Fsp3) is 0.429. The van der Waals surface area contributed by atoms with E-state index >= 15 is 0 Å². The van der Waals surface area contributed by atoms with Crippen LogP contribution in [-0.2, 0) is 21.7 Å². The number of phenolic OH excluding ortho intramolecular Hbond substituents is 1. The molecule has 1 aliphatic rings. The van der Waals surface area contributed by atoms with Crippen LogP contribution in [-0.4, -0.2) is 29.7 Å². The molecule has 1 aromatic carbocycles. The lowest BCUT2D eigenvalue weighted by Gasteiger charge is -2.19. The molecule has 1 N–H and O–H groups in total. The topological polar surface area (TPSA) is 63.6 Å². The van der Waals surface area contributed by atoms with E-state index in [0.29, 0.717) is 12.2 Å². The number of hydrogen-bond donors (Lipinski definition) is 1. The maximum absolute atomic E-state index is 11.8. The van der Waals surface area contributed by atoms with Gasteiger partial charge in [0.2, 0.25) is 0 Å². The first kappa shape index (κ1) is 13.9. The molecule has 0 saturated heterocycles. The first-order chi connectivity index (χ1) is 9.13. The molecule has 0 unspecified atom stereocenters. The molecule has 0 aromatic heterocycles. The van der Waals surface area contributed by atoms with Gasteiger partial charge in [-0.25, -0.2) is 0 Å². The third-order valence-corrected chi connectivity index (χ3v) is 4.16. The zero-order valence-electron chi connectivity index (χ0n) is 10.8. The molecular weight excluding hydrogens is 264 g/mol. The van der Waals surface area contributed by atoms with Gasteiger partial charge in [-0.15, -0.1) is 11.8 Å². The Morgan fingerprint density at radius 2 is 2.21 bits per heavy atom. The first-order valence-electron chi connectivity index (χ1n) is 6.15. The van der Waals surface area contributed by atoms with E-state index in [-0.39, 0.29) is 23.3 Å². The van der Waals surface area contributed by atoms with Gasteiger partial charge in [-0.2, -0.15) is 0 Å². The van der Waals surface area contributed by atoms with Gasteiger partial charge in [-0.05, 0) is 30.5 Å². The summed E-state index contributed by atoms with van der Waals surface area (Å²) in [5.74, 6) is 0.807. The fourth-order valence-electron chi connectivity index (χ4n) is 2.24. The molecule has 5 heteroatoms. The Morgan fingerprint density at radius 1 is 1.42 bits per heavy atom. The van der Waals surface area contributed by atoms with Gasteiger partial charge in [0.15, 0.2) is 5.78 Å². The maximum Gasteiger partial charge on any atom is 0.315 e. The van der Waals surface area contributed by atoms with Gasteiger partial charge in [0.05, 0.1) is 12.9 Å². The standard InChI is InChI=1S/C14H16O4S/c1-18-14(17)8-19-7-11-9-3-2-4-12(15)10(9)5-6-13(11)16/h5-6,16H,2-4,7-8H2,1H3. The SMILES string of the molecule is COC(=O)CSCc1c(O)ccc2c1CCCC2=O. The molecular formula is C14H16O4S. The van der Waals surface area contributed by atoms with Crippen molar-refractivity contribution in [2.75, 3.05) is 12.9 Å². The molecule has 0 amide bonds. The lowest BCUT2D eigenvalue weighted by Crippen LogP contribution is -2.13. The first-order valence-corrected chi connectivity index (χ1v) is 7.30. The Morgan fingerprint density at radius 3 is 2.95 bits per heavy atom. The smallest absolute Gasteiger partial charge is 0.315 e. The summed E-state index contributed by atoms with van der Waals surface area (Å²) in [5, 5.41) is 9.93. The number of ketones is 1. The highest BCUT2D eigenvalue weighted by molar-refractivity contribution is 7.99. The van der Waals surface area contributed by atoms with Gasteiger partial charge in [0.25, 0.3) is 0 Å². The van der Waals surface area contributed by atoms with E-state index < -0.39 is 0 Å². The van der Waals surface area contributed by atoms with E-state index in [4.69, 9.17) is 0 Å². The molecule has 0 aliphatic heterocycles.